The SMILES string of the molecule is COCCOCCNCc1cc(Cl)cc2c1OCC2. The van der Waals surface area contributed by atoms with Crippen molar-refractivity contribution in [3.8, 4) is 5.75 Å². The van der Waals surface area contributed by atoms with E-state index in [1.807, 2.05) is 12.1 Å². The lowest BCUT2D eigenvalue weighted by molar-refractivity contribution is 0.0719. The molecule has 0 radical (unpaired) electrons. The minimum Gasteiger partial charge on any atom is -0.493 e. The molecule has 0 bridgehead atoms. The fourth-order valence-electron chi connectivity index (χ4n) is 2.09. The van der Waals surface area contributed by atoms with Crippen molar-refractivity contribution < 1.29 is 14.2 Å². The Balaban J connectivity index is 1.74. The van der Waals surface area contributed by atoms with Crippen LogP contribution >= 0.6 is 11.6 Å². The second-order valence-electron chi connectivity index (χ2n) is 4.43. The lowest BCUT2D eigenvalue weighted by Gasteiger charge is -2.10. The van der Waals surface area contributed by atoms with Gasteiger partial charge in [0.1, 0.15) is 5.75 Å². The van der Waals surface area contributed by atoms with Crippen molar-refractivity contribution in [3.05, 3.63) is 28.3 Å². The Hall–Kier alpha value is -0.810. The predicted molar refractivity (Wildman–Crippen MR) is 75.1 cm³/mol. The summed E-state index contributed by atoms with van der Waals surface area (Å²) < 4.78 is 15.9. The van der Waals surface area contributed by atoms with Gasteiger partial charge in [0, 0.05) is 37.2 Å². The molecule has 1 aromatic rings. The van der Waals surface area contributed by atoms with Gasteiger partial charge in [-0.2, -0.15) is 0 Å². The Morgan fingerprint density at radius 1 is 1.32 bits per heavy atom. The zero-order valence-electron chi connectivity index (χ0n) is 11.2. The van der Waals surface area contributed by atoms with Gasteiger partial charge < -0.3 is 19.5 Å². The van der Waals surface area contributed by atoms with Crippen molar-refractivity contribution in [1.82, 2.24) is 5.32 Å². The van der Waals surface area contributed by atoms with Gasteiger partial charge in [0.25, 0.3) is 0 Å². The molecule has 1 heterocycles. The third-order valence-electron chi connectivity index (χ3n) is 3.00. The number of methoxy groups -OCH3 is 1. The Bertz CT molecular complexity index is 412. The number of rotatable bonds is 8. The van der Waals surface area contributed by atoms with Crippen LogP contribution in [0.4, 0.5) is 0 Å². The van der Waals surface area contributed by atoms with Crippen LogP contribution in [0.2, 0.25) is 5.02 Å². The summed E-state index contributed by atoms with van der Waals surface area (Å²) in [6.45, 7) is 4.24. The van der Waals surface area contributed by atoms with Gasteiger partial charge in [-0.3, -0.25) is 0 Å². The maximum absolute atomic E-state index is 6.10. The Kier molecular flexibility index (Phi) is 5.92. The summed E-state index contributed by atoms with van der Waals surface area (Å²) in [5.41, 5.74) is 2.33. The summed E-state index contributed by atoms with van der Waals surface area (Å²) in [7, 11) is 1.67. The molecule has 5 heteroatoms. The van der Waals surface area contributed by atoms with E-state index in [-0.39, 0.29) is 0 Å². The van der Waals surface area contributed by atoms with Gasteiger partial charge in [-0.05, 0) is 17.7 Å². The highest BCUT2D eigenvalue weighted by molar-refractivity contribution is 6.30. The van der Waals surface area contributed by atoms with Crippen LogP contribution in [-0.2, 0) is 22.4 Å². The molecule has 106 valence electrons. The number of benzene rings is 1. The van der Waals surface area contributed by atoms with Gasteiger partial charge in [-0.15, -0.1) is 0 Å². The zero-order chi connectivity index (χ0) is 13.5. The summed E-state index contributed by atoms with van der Waals surface area (Å²) in [6.07, 6.45) is 0.947. The molecule has 0 amide bonds. The molecule has 4 nitrogen and oxygen atoms in total. The summed E-state index contributed by atoms with van der Waals surface area (Å²) >= 11 is 6.10. The van der Waals surface area contributed by atoms with Crippen molar-refractivity contribution in [2.45, 2.75) is 13.0 Å². The maximum atomic E-state index is 6.10. The molecule has 0 saturated carbocycles. The molecule has 0 saturated heterocycles. The lowest BCUT2D eigenvalue weighted by Crippen LogP contribution is -2.20. The molecule has 1 aliphatic heterocycles. The Morgan fingerprint density at radius 2 is 2.21 bits per heavy atom. The van der Waals surface area contributed by atoms with E-state index in [9.17, 15) is 0 Å². The molecular weight excluding hydrogens is 266 g/mol. The second kappa shape index (κ2) is 7.70. The molecule has 0 spiro atoms. The van der Waals surface area contributed by atoms with Crippen LogP contribution in [0.3, 0.4) is 0 Å². The molecule has 1 aromatic carbocycles. The fraction of sp³-hybridized carbons (Fsp3) is 0.571. The van der Waals surface area contributed by atoms with Crippen molar-refractivity contribution in [2.75, 3.05) is 40.1 Å². The van der Waals surface area contributed by atoms with E-state index in [0.29, 0.717) is 19.8 Å². The molecule has 0 aliphatic carbocycles. The Morgan fingerprint density at radius 3 is 3.05 bits per heavy atom. The number of hydrogen-bond acceptors (Lipinski definition) is 4. The first kappa shape index (κ1) is 14.6. The highest BCUT2D eigenvalue weighted by Crippen LogP contribution is 2.32. The smallest absolute Gasteiger partial charge is 0.127 e. The van der Waals surface area contributed by atoms with E-state index < -0.39 is 0 Å². The van der Waals surface area contributed by atoms with E-state index in [1.165, 1.54) is 5.56 Å². The van der Waals surface area contributed by atoms with Crippen LogP contribution in [-0.4, -0.2) is 40.1 Å². The summed E-state index contributed by atoms with van der Waals surface area (Å²) in [4.78, 5) is 0. The van der Waals surface area contributed by atoms with E-state index in [4.69, 9.17) is 25.8 Å². The second-order valence-corrected chi connectivity index (χ2v) is 4.87. The fourth-order valence-corrected chi connectivity index (χ4v) is 2.35. The molecular formula is C14H20ClNO3. The zero-order valence-corrected chi connectivity index (χ0v) is 12.0. The van der Waals surface area contributed by atoms with Crippen LogP contribution in [0.25, 0.3) is 0 Å². The quantitative estimate of drug-likeness (QED) is 0.742. The van der Waals surface area contributed by atoms with Crippen molar-refractivity contribution in [3.63, 3.8) is 0 Å². The molecule has 0 unspecified atom stereocenters. The van der Waals surface area contributed by atoms with Crippen molar-refractivity contribution in [2.24, 2.45) is 0 Å². The minimum atomic E-state index is 0.633. The molecule has 0 atom stereocenters. The van der Waals surface area contributed by atoms with E-state index in [1.54, 1.807) is 7.11 Å². The molecule has 2 rings (SSSR count). The van der Waals surface area contributed by atoms with E-state index in [0.717, 1.165) is 42.5 Å². The van der Waals surface area contributed by atoms with Crippen LogP contribution in [0.1, 0.15) is 11.1 Å². The predicted octanol–water partition coefficient (Wildman–Crippen LogP) is 2.03. The topological polar surface area (TPSA) is 39.7 Å². The van der Waals surface area contributed by atoms with Gasteiger partial charge in [-0.1, -0.05) is 11.6 Å². The van der Waals surface area contributed by atoms with Crippen LogP contribution < -0.4 is 10.1 Å². The lowest BCUT2D eigenvalue weighted by atomic mass is 10.1. The molecule has 0 fully saturated rings. The van der Waals surface area contributed by atoms with Gasteiger partial charge in [0.2, 0.25) is 0 Å². The first-order valence-corrected chi connectivity index (χ1v) is 6.90. The molecule has 19 heavy (non-hydrogen) atoms. The molecule has 0 aromatic heterocycles. The first-order valence-electron chi connectivity index (χ1n) is 6.52. The number of halogens is 1. The van der Waals surface area contributed by atoms with Crippen molar-refractivity contribution in [1.29, 1.82) is 0 Å². The normalized spacial score (nSPS) is 13.4. The highest BCUT2D eigenvalue weighted by Gasteiger charge is 2.17. The third kappa shape index (κ3) is 4.35. The van der Waals surface area contributed by atoms with E-state index in [2.05, 4.69) is 5.32 Å². The molecule has 1 N–H and O–H groups in total. The number of hydrogen-bond donors (Lipinski definition) is 1. The summed E-state index contributed by atoms with van der Waals surface area (Å²) in [6, 6.07) is 3.95. The van der Waals surface area contributed by atoms with E-state index >= 15 is 0 Å². The highest BCUT2D eigenvalue weighted by atomic mass is 35.5. The number of ether oxygens (including phenoxy) is 3. The van der Waals surface area contributed by atoms with Gasteiger partial charge in [0.15, 0.2) is 0 Å². The largest absolute Gasteiger partial charge is 0.493 e. The summed E-state index contributed by atoms with van der Waals surface area (Å²) in [5.74, 6) is 0.997. The average Bonchev–Trinajstić information content (AvgIpc) is 2.85. The Labute approximate surface area is 119 Å². The third-order valence-corrected chi connectivity index (χ3v) is 3.21. The standard InChI is InChI=1S/C14H20ClNO3/c1-17-6-7-18-5-3-16-10-12-9-13(15)8-11-2-4-19-14(11)12/h8-9,16H,2-7,10H2,1H3. The van der Waals surface area contributed by atoms with Gasteiger partial charge in [-0.25, -0.2) is 0 Å². The van der Waals surface area contributed by atoms with Gasteiger partial charge >= 0.3 is 0 Å². The monoisotopic (exact) mass is 285 g/mol. The minimum absolute atomic E-state index is 0.633. The first-order chi connectivity index (χ1) is 9.31. The number of fused-ring (bicyclic) bond motifs is 1. The average molecular weight is 286 g/mol. The molecule has 1 aliphatic rings. The number of nitrogens with one attached hydrogen (secondary N) is 1. The maximum Gasteiger partial charge on any atom is 0.127 e. The van der Waals surface area contributed by atoms with Crippen LogP contribution in [0.5, 0.6) is 5.75 Å². The van der Waals surface area contributed by atoms with Crippen molar-refractivity contribution >= 4 is 11.6 Å². The van der Waals surface area contributed by atoms with Crippen LogP contribution in [0.15, 0.2) is 12.1 Å². The van der Waals surface area contributed by atoms with Crippen LogP contribution in [0, 0.1) is 0 Å². The summed E-state index contributed by atoms with van der Waals surface area (Å²) in [5, 5.41) is 4.11. The van der Waals surface area contributed by atoms with Gasteiger partial charge in [0.05, 0.1) is 26.4 Å².